The van der Waals surface area contributed by atoms with Gasteiger partial charge in [-0.25, -0.2) is 4.57 Å². The molecule has 0 spiro atoms. The van der Waals surface area contributed by atoms with Crippen LogP contribution in [0.3, 0.4) is 0 Å². The van der Waals surface area contributed by atoms with Crippen LogP contribution < -0.4 is 0 Å². The Labute approximate surface area is 118 Å². The minimum Gasteiger partial charge on any atom is -0.290 e. The zero-order valence-electron chi connectivity index (χ0n) is 12.9. The van der Waals surface area contributed by atoms with Crippen LogP contribution in [-0.2, 0) is 18.1 Å². The lowest BCUT2D eigenvalue weighted by Gasteiger charge is -2.15. The molecule has 0 aliphatic heterocycles. The fourth-order valence-electron chi connectivity index (χ4n) is 1.73. The summed E-state index contributed by atoms with van der Waals surface area (Å²) in [6.45, 7) is 5.21. The van der Waals surface area contributed by atoms with Gasteiger partial charge in [0.15, 0.2) is 0 Å². The molecular weight excluding hydrogens is 263 g/mol. The number of hydrogen-bond donors (Lipinski definition) is 0. The van der Waals surface area contributed by atoms with Crippen LogP contribution in [0.25, 0.3) is 0 Å². The molecule has 0 heterocycles. The summed E-state index contributed by atoms with van der Waals surface area (Å²) in [6.07, 6.45) is 10.1. The van der Waals surface area contributed by atoms with Crippen molar-refractivity contribution in [2.45, 2.75) is 71.6 Å². The molecule has 0 aliphatic carbocycles. The van der Waals surface area contributed by atoms with Gasteiger partial charge in [0.2, 0.25) is 0 Å². The highest BCUT2D eigenvalue weighted by molar-refractivity contribution is 7.48. The van der Waals surface area contributed by atoms with Crippen LogP contribution in [0.5, 0.6) is 0 Å². The average Bonchev–Trinajstić information content (AvgIpc) is 2.43. The zero-order chi connectivity index (χ0) is 14.4. The Kier molecular flexibility index (Phi) is 13.2. The minimum atomic E-state index is -3.30. The zero-order valence-corrected chi connectivity index (χ0v) is 13.8. The molecule has 116 valence electrons. The van der Waals surface area contributed by atoms with Gasteiger partial charge in [-0.1, -0.05) is 58.8 Å². The predicted molar refractivity (Wildman–Crippen MR) is 79.4 cm³/mol. The van der Waals surface area contributed by atoms with E-state index in [-0.39, 0.29) is 0 Å². The van der Waals surface area contributed by atoms with Crippen LogP contribution in [0.15, 0.2) is 0 Å². The van der Waals surface area contributed by atoms with Gasteiger partial charge in [0, 0.05) is 7.11 Å². The van der Waals surface area contributed by atoms with Gasteiger partial charge in [0.05, 0.1) is 13.2 Å². The minimum absolute atomic E-state index is 0.440. The second-order valence-corrected chi connectivity index (χ2v) is 6.55. The molecule has 0 amide bonds. The maximum Gasteiger partial charge on any atom is 0.474 e. The SMILES string of the molecule is CCCCCCCCOP(=O)(OC)OCCCCC. The predicted octanol–water partition coefficient (Wildman–Crippen LogP) is 5.32. The highest BCUT2D eigenvalue weighted by atomic mass is 31.2. The molecule has 0 N–H and O–H groups in total. The van der Waals surface area contributed by atoms with E-state index in [0.717, 1.165) is 32.1 Å². The van der Waals surface area contributed by atoms with Crippen LogP contribution in [0.2, 0.25) is 0 Å². The van der Waals surface area contributed by atoms with Crippen molar-refractivity contribution < 1.29 is 18.1 Å². The Bertz CT molecular complexity index is 233. The smallest absolute Gasteiger partial charge is 0.290 e. The van der Waals surface area contributed by atoms with E-state index in [1.54, 1.807) is 0 Å². The first-order valence-corrected chi connectivity index (χ1v) is 9.09. The Morgan fingerprint density at radius 2 is 1.16 bits per heavy atom. The Hall–Kier alpha value is 0.110. The van der Waals surface area contributed by atoms with E-state index in [1.807, 2.05) is 0 Å². The van der Waals surface area contributed by atoms with Crippen molar-refractivity contribution in [3.63, 3.8) is 0 Å². The molecule has 0 rings (SSSR count). The summed E-state index contributed by atoms with van der Waals surface area (Å²) in [5.41, 5.74) is 0. The van der Waals surface area contributed by atoms with Crippen LogP contribution in [0, 0.1) is 0 Å². The van der Waals surface area contributed by atoms with Gasteiger partial charge in [0.1, 0.15) is 0 Å². The lowest BCUT2D eigenvalue weighted by molar-refractivity contribution is 0.127. The molecule has 0 aromatic carbocycles. The lowest BCUT2D eigenvalue weighted by Crippen LogP contribution is -2.01. The van der Waals surface area contributed by atoms with Crippen LogP contribution >= 0.6 is 7.82 Å². The summed E-state index contributed by atoms with van der Waals surface area (Å²) in [6, 6.07) is 0. The Morgan fingerprint density at radius 1 is 0.737 bits per heavy atom. The molecule has 19 heavy (non-hydrogen) atoms. The summed E-state index contributed by atoms with van der Waals surface area (Å²) in [7, 11) is -1.92. The van der Waals surface area contributed by atoms with Gasteiger partial charge in [-0.05, 0) is 12.8 Å². The number of phosphoric acid groups is 1. The maximum absolute atomic E-state index is 12.0. The molecular formula is C14H31O4P. The van der Waals surface area contributed by atoms with Crippen molar-refractivity contribution in [3.05, 3.63) is 0 Å². The molecule has 1 unspecified atom stereocenters. The van der Waals surface area contributed by atoms with Crippen molar-refractivity contribution in [2.24, 2.45) is 0 Å². The van der Waals surface area contributed by atoms with Gasteiger partial charge in [-0.3, -0.25) is 13.6 Å². The van der Waals surface area contributed by atoms with Gasteiger partial charge < -0.3 is 0 Å². The van der Waals surface area contributed by atoms with Crippen molar-refractivity contribution in [1.29, 1.82) is 0 Å². The summed E-state index contributed by atoms with van der Waals surface area (Å²) in [4.78, 5) is 0. The Morgan fingerprint density at radius 3 is 1.68 bits per heavy atom. The lowest BCUT2D eigenvalue weighted by atomic mass is 10.1. The van der Waals surface area contributed by atoms with Gasteiger partial charge >= 0.3 is 7.82 Å². The monoisotopic (exact) mass is 294 g/mol. The topological polar surface area (TPSA) is 44.8 Å². The molecule has 0 saturated carbocycles. The van der Waals surface area contributed by atoms with E-state index < -0.39 is 7.82 Å². The van der Waals surface area contributed by atoms with E-state index in [2.05, 4.69) is 13.8 Å². The third-order valence-corrected chi connectivity index (χ3v) is 4.41. The molecule has 0 fully saturated rings. The van der Waals surface area contributed by atoms with E-state index >= 15 is 0 Å². The summed E-state index contributed by atoms with van der Waals surface area (Å²) >= 11 is 0. The number of unbranched alkanes of at least 4 members (excludes halogenated alkanes) is 7. The van der Waals surface area contributed by atoms with Crippen LogP contribution in [0.4, 0.5) is 0 Å². The van der Waals surface area contributed by atoms with Crippen molar-refractivity contribution >= 4 is 7.82 Å². The third kappa shape index (κ3) is 11.6. The summed E-state index contributed by atoms with van der Waals surface area (Å²) < 4.78 is 27.4. The molecule has 5 heteroatoms. The molecule has 4 nitrogen and oxygen atoms in total. The first kappa shape index (κ1) is 19.1. The summed E-state index contributed by atoms with van der Waals surface area (Å²) in [5.74, 6) is 0. The standard InChI is InChI=1S/C14H31O4P/c1-4-6-8-9-10-12-14-18-19(15,16-3)17-13-11-7-5-2/h4-14H2,1-3H3. The van der Waals surface area contributed by atoms with Gasteiger partial charge in [-0.2, -0.15) is 0 Å². The molecule has 0 aromatic heterocycles. The molecule has 0 aromatic rings. The molecule has 0 aliphatic rings. The molecule has 1 atom stereocenters. The van der Waals surface area contributed by atoms with E-state index in [1.165, 1.54) is 32.8 Å². The average molecular weight is 294 g/mol. The number of phosphoric ester groups is 1. The van der Waals surface area contributed by atoms with E-state index in [9.17, 15) is 4.57 Å². The maximum atomic E-state index is 12.0. The van der Waals surface area contributed by atoms with Gasteiger partial charge in [-0.15, -0.1) is 0 Å². The van der Waals surface area contributed by atoms with Crippen LogP contribution in [0.1, 0.15) is 71.6 Å². The van der Waals surface area contributed by atoms with Crippen molar-refractivity contribution in [2.75, 3.05) is 20.3 Å². The van der Waals surface area contributed by atoms with Crippen LogP contribution in [-0.4, -0.2) is 20.3 Å². The number of hydrogen-bond acceptors (Lipinski definition) is 4. The normalized spacial score (nSPS) is 14.5. The first-order chi connectivity index (χ1) is 9.18. The van der Waals surface area contributed by atoms with Gasteiger partial charge in [0.25, 0.3) is 0 Å². The second kappa shape index (κ2) is 13.1. The highest BCUT2D eigenvalue weighted by Crippen LogP contribution is 2.48. The highest BCUT2D eigenvalue weighted by Gasteiger charge is 2.23. The van der Waals surface area contributed by atoms with Crippen molar-refractivity contribution in [3.8, 4) is 0 Å². The second-order valence-electron chi connectivity index (χ2n) is 4.77. The quantitative estimate of drug-likeness (QED) is 0.321. The van der Waals surface area contributed by atoms with Crippen molar-refractivity contribution in [1.82, 2.24) is 0 Å². The third-order valence-electron chi connectivity index (χ3n) is 2.97. The number of rotatable bonds is 14. The molecule has 0 radical (unpaired) electrons. The largest absolute Gasteiger partial charge is 0.474 e. The molecule has 0 saturated heterocycles. The van der Waals surface area contributed by atoms with E-state index in [0.29, 0.717) is 13.2 Å². The molecule has 0 bridgehead atoms. The van der Waals surface area contributed by atoms with E-state index in [4.69, 9.17) is 13.6 Å². The Balaban J connectivity index is 3.58. The first-order valence-electron chi connectivity index (χ1n) is 7.63. The fourth-order valence-corrected chi connectivity index (χ4v) is 2.72. The fraction of sp³-hybridized carbons (Fsp3) is 1.00. The summed E-state index contributed by atoms with van der Waals surface area (Å²) in [5, 5.41) is 0.